The molecule has 1 fully saturated rings. The smallest absolute Gasteiger partial charge is 0.266 e. The Hall–Kier alpha value is -1.37. The van der Waals surface area contributed by atoms with Gasteiger partial charge in [-0.3, -0.25) is 9.69 Å². The molecule has 0 N–H and O–H groups in total. The van der Waals surface area contributed by atoms with E-state index in [0.29, 0.717) is 15.0 Å². The first-order valence-corrected chi connectivity index (χ1v) is 9.83. The maximum Gasteiger partial charge on any atom is 0.266 e. The molecule has 0 radical (unpaired) electrons. The van der Waals surface area contributed by atoms with E-state index in [1.807, 2.05) is 58.0 Å². The molecule has 130 valence electrons. The standard InChI is InChI=1S/C19H18BrNO2S2/c1-11-5-7-13(14(20)9-11)15-8-6-12(23-15)10-16-17(22)21(18(24)25-16)19(2,3)4/h5-10H,1-4H3/b16-10+. The highest BCUT2D eigenvalue weighted by Crippen LogP contribution is 2.38. The first kappa shape index (κ1) is 18.4. The molecule has 0 unspecified atom stereocenters. The van der Waals surface area contributed by atoms with Gasteiger partial charge in [-0.2, -0.15) is 0 Å². The molecule has 0 aliphatic carbocycles. The van der Waals surface area contributed by atoms with Gasteiger partial charge in [0.1, 0.15) is 15.8 Å². The molecule has 0 atom stereocenters. The molecular weight excluding hydrogens is 418 g/mol. The van der Waals surface area contributed by atoms with Crippen LogP contribution in [-0.2, 0) is 4.79 Å². The summed E-state index contributed by atoms with van der Waals surface area (Å²) in [5.41, 5.74) is 1.82. The number of carbonyl (C=O) groups excluding carboxylic acids is 1. The molecule has 0 spiro atoms. The van der Waals surface area contributed by atoms with Crippen LogP contribution in [0.5, 0.6) is 0 Å². The Morgan fingerprint density at radius 2 is 1.96 bits per heavy atom. The van der Waals surface area contributed by atoms with Crippen molar-refractivity contribution in [2.75, 3.05) is 0 Å². The molecule has 1 aromatic carbocycles. The molecule has 1 amide bonds. The largest absolute Gasteiger partial charge is 0.457 e. The van der Waals surface area contributed by atoms with Crippen molar-refractivity contribution in [2.45, 2.75) is 33.2 Å². The maximum atomic E-state index is 12.6. The predicted octanol–water partition coefficient (Wildman–Crippen LogP) is 6.02. The number of rotatable bonds is 2. The SMILES string of the molecule is Cc1ccc(-c2ccc(/C=C3/SC(=S)N(C(C)(C)C)C3=O)o2)c(Br)c1. The Labute approximate surface area is 165 Å². The number of halogens is 1. The molecule has 2 aromatic rings. The molecule has 1 saturated heterocycles. The van der Waals surface area contributed by atoms with E-state index in [4.69, 9.17) is 16.6 Å². The van der Waals surface area contributed by atoms with Gasteiger partial charge in [-0.05, 0) is 57.5 Å². The lowest BCUT2D eigenvalue weighted by molar-refractivity contribution is -0.125. The zero-order chi connectivity index (χ0) is 18.4. The third-order valence-electron chi connectivity index (χ3n) is 3.75. The number of benzene rings is 1. The highest BCUT2D eigenvalue weighted by molar-refractivity contribution is 9.10. The van der Waals surface area contributed by atoms with E-state index in [-0.39, 0.29) is 11.4 Å². The molecule has 3 nitrogen and oxygen atoms in total. The zero-order valence-corrected chi connectivity index (χ0v) is 17.6. The number of thioether (sulfide) groups is 1. The van der Waals surface area contributed by atoms with Gasteiger partial charge in [-0.15, -0.1) is 0 Å². The van der Waals surface area contributed by atoms with Crippen LogP contribution in [0.25, 0.3) is 17.4 Å². The van der Waals surface area contributed by atoms with Gasteiger partial charge in [0, 0.05) is 21.7 Å². The average molecular weight is 436 g/mol. The van der Waals surface area contributed by atoms with Crippen LogP contribution in [0.3, 0.4) is 0 Å². The molecule has 1 aliphatic heterocycles. The van der Waals surface area contributed by atoms with Crippen LogP contribution in [0.2, 0.25) is 0 Å². The van der Waals surface area contributed by atoms with Gasteiger partial charge in [0.2, 0.25) is 0 Å². The lowest BCUT2D eigenvalue weighted by Gasteiger charge is -2.30. The van der Waals surface area contributed by atoms with Crippen molar-refractivity contribution in [3.8, 4) is 11.3 Å². The van der Waals surface area contributed by atoms with Crippen LogP contribution in [0, 0.1) is 6.92 Å². The van der Waals surface area contributed by atoms with Crippen molar-refractivity contribution >= 4 is 56.2 Å². The Balaban J connectivity index is 1.90. The lowest BCUT2D eigenvalue weighted by Crippen LogP contribution is -2.44. The summed E-state index contributed by atoms with van der Waals surface area (Å²) in [5, 5.41) is 0. The second kappa shape index (κ2) is 6.74. The van der Waals surface area contributed by atoms with Gasteiger partial charge in [-0.25, -0.2) is 0 Å². The Bertz CT molecular complexity index is 893. The highest BCUT2D eigenvalue weighted by Gasteiger charge is 2.39. The minimum atomic E-state index is -0.335. The second-order valence-corrected chi connectivity index (χ2v) is 9.40. The minimum Gasteiger partial charge on any atom is -0.457 e. The summed E-state index contributed by atoms with van der Waals surface area (Å²) in [6, 6.07) is 9.88. The summed E-state index contributed by atoms with van der Waals surface area (Å²) in [6.45, 7) is 7.96. The monoisotopic (exact) mass is 435 g/mol. The predicted molar refractivity (Wildman–Crippen MR) is 111 cm³/mol. The van der Waals surface area contributed by atoms with E-state index in [2.05, 4.69) is 15.9 Å². The van der Waals surface area contributed by atoms with Crippen LogP contribution in [0.4, 0.5) is 0 Å². The molecule has 3 rings (SSSR count). The summed E-state index contributed by atoms with van der Waals surface area (Å²) >= 11 is 10.2. The topological polar surface area (TPSA) is 33.5 Å². The third kappa shape index (κ3) is 3.76. The molecular formula is C19H18BrNO2S2. The summed E-state index contributed by atoms with van der Waals surface area (Å²) in [6.07, 6.45) is 1.76. The van der Waals surface area contributed by atoms with Crippen molar-refractivity contribution in [3.05, 3.63) is 51.0 Å². The lowest BCUT2D eigenvalue weighted by atomic mass is 10.1. The fraction of sp³-hybridized carbons (Fsp3) is 0.263. The Morgan fingerprint density at radius 3 is 2.56 bits per heavy atom. The van der Waals surface area contributed by atoms with E-state index in [9.17, 15) is 4.79 Å². The van der Waals surface area contributed by atoms with E-state index in [1.165, 1.54) is 17.3 Å². The molecule has 1 aromatic heterocycles. The van der Waals surface area contributed by atoms with Crippen molar-refractivity contribution < 1.29 is 9.21 Å². The van der Waals surface area contributed by atoms with Gasteiger partial charge in [0.25, 0.3) is 5.91 Å². The van der Waals surface area contributed by atoms with E-state index < -0.39 is 0 Å². The van der Waals surface area contributed by atoms with Crippen molar-refractivity contribution in [2.24, 2.45) is 0 Å². The van der Waals surface area contributed by atoms with Crippen molar-refractivity contribution in [1.82, 2.24) is 4.90 Å². The van der Waals surface area contributed by atoms with Crippen LogP contribution in [0.15, 0.2) is 44.1 Å². The van der Waals surface area contributed by atoms with Crippen molar-refractivity contribution in [1.29, 1.82) is 0 Å². The molecule has 25 heavy (non-hydrogen) atoms. The number of hydrogen-bond donors (Lipinski definition) is 0. The zero-order valence-electron chi connectivity index (χ0n) is 14.4. The molecule has 0 saturated carbocycles. The average Bonchev–Trinajstić information content (AvgIpc) is 3.04. The van der Waals surface area contributed by atoms with Gasteiger partial charge >= 0.3 is 0 Å². The fourth-order valence-corrected chi connectivity index (χ4v) is 4.88. The van der Waals surface area contributed by atoms with E-state index >= 15 is 0 Å². The molecule has 0 bridgehead atoms. The summed E-state index contributed by atoms with van der Waals surface area (Å²) in [5.74, 6) is 1.32. The molecule has 6 heteroatoms. The number of aryl methyl sites for hydroxylation is 1. The number of thiocarbonyl (C=S) groups is 1. The number of hydrogen-bond acceptors (Lipinski definition) is 4. The summed E-state index contributed by atoms with van der Waals surface area (Å²) in [4.78, 5) is 14.9. The summed E-state index contributed by atoms with van der Waals surface area (Å²) in [7, 11) is 0. The molecule has 2 heterocycles. The van der Waals surface area contributed by atoms with Crippen LogP contribution in [-0.4, -0.2) is 20.7 Å². The van der Waals surface area contributed by atoms with Crippen LogP contribution < -0.4 is 0 Å². The van der Waals surface area contributed by atoms with Crippen LogP contribution >= 0.6 is 39.9 Å². The Morgan fingerprint density at radius 1 is 1.24 bits per heavy atom. The van der Waals surface area contributed by atoms with Crippen molar-refractivity contribution in [3.63, 3.8) is 0 Å². The van der Waals surface area contributed by atoms with E-state index in [0.717, 1.165) is 15.8 Å². The first-order valence-electron chi connectivity index (χ1n) is 7.81. The van der Waals surface area contributed by atoms with E-state index in [1.54, 1.807) is 11.0 Å². The number of amides is 1. The third-order valence-corrected chi connectivity index (χ3v) is 5.71. The van der Waals surface area contributed by atoms with Gasteiger partial charge in [0.15, 0.2) is 0 Å². The number of nitrogens with zero attached hydrogens (tertiary/aromatic N) is 1. The molecule has 1 aliphatic rings. The Kier molecular flexibility index (Phi) is 4.97. The van der Waals surface area contributed by atoms with Gasteiger partial charge in [0.05, 0.1) is 4.91 Å². The fourth-order valence-electron chi connectivity index (χ4n) is 2.57. The normalized spacial score (nSPS) is 17.0. The van der Waals surface area contributed by atoms with Gasteiger partial charge < -0.3 is 4.42 Å². The minimum absolute atomic E-state index is 0.0723. The summed E-state index contributed by atoms with van der Waals surface area (Å²) < 4.78 is 7.48. The maximum absolute atomic E-state index is 12.6. The highest BCUT2D eigenvalue weighted by atomic mass is 79.9. The van der Waals surface area contributed by atoms with Gasteiger partial charge in [-0.1, -0.05) is 46.0 Å². The quantitative estimate of drug-likeness (QED) is 0.426. The number of carbonyl (C=O) groups is 1. The second-order valence-electron chi connectivity index (χ2n) is 6.87. The number of furan rings is 1. The van der Waals surface area contributed by atoms with Crippen LogP contribution in [0.1, 0.15) is 32.1 Å². The first-order chi connectivity index (χ1) is 11.7.